The lowest BCUT2D eigenvalue weighted by atomic mass is 9.83. The highest BCUT2D eigenvalue weighted by Crippen LogP contribution is 2.45. The maximum absolute atomic E-state index is 14.3. The predicted octanol–water partition coefficient (Wildman–Crippen LogP) is 6.85. The van der Waals surface area contributed by atoms with Crippen molar-refractivity contribution in [2.75, 3.05) is 13.2 Å². The van der Waals surface area contributed by atoms with Gasteiger partial charge in [-0.15, -0.1) is 0 Å². The van der Waals surface area contributed by atoms with Gasteiger partial charge in [-0.2, -0.15) is 0 Å². The largest absolute Gasteiger partial charge is 0.494 e. The SMILES string of the molecule is [N-]=[N+]=Nc1ccccc1[C@@H]1OC(c2ccc(OCCCO)cc2)=N[C@]1(C/C=C/c1ccccc1)C(=O)NNCc1c(F)cccc1F. The number of halogens is 2. The molecule has 4 aromatic carbocycles. The van der Waals surface area contributed by atoms with Crippen molar-refractivity contribution >= 4 is 23.6 Å². The number of aliphatic imine (C=N–C) groups is 1. The Morgan fingerprint density at radius 1 is 1.02 bits per heavy atom. The van der Waals surface area contributed by atoms with Crippen LogP contribution in [0.5, 0.6) is 5.75 Å². The number of rotatable bonds is 14. The van der Waals surface area contributed by atoms with Gasteiger partial charge in [0, 0.05) is 53.3 Å². The molecule has 1 heterocycles. The number of hydrogen-bond donors (Lipinski definition) is 3. The molecule has 2 atom stereocenters. The van der Waals surface area contributed by atoms with Gasteiger partial charge in [0.05, 0.1) is 6.61 Å². The van der Waals surface area contributed by atoms with Crippen LogP contribution in [0.25, 0.3) is 16.5 Å². The fourth-order valence-corrected chi connectivity index (χ4v) is 5.10. The minimum absolute atomic E-state index is 0.00832. The van der Waals surface area contributed by atoms with Gasteiger partial charge in [0.15, 0.2) is 11.6 Å². The molecule has 3 N–H and O–H groups in total. The van der Waals surface area contributed by atoms with Gasteiger partial charge in [0.25, 0.3) is 5.91 Å². The summed E-state index contributed by atoms with van der Waals surface area (Å²) in [7, 11) is 0. The highest BCUT2D eigenvalue weighted by molar-refractivity contribution is 6.01. The summed E-state index contributed by atoms with van der Waals surface area (Å²) in [6.07, 6.45) is 3.08. The molecule has 0 radical (unpaired) electrons. The first-order chi connectivity index (χ1) is 22.9. The van der Waals surface area contributed by atoms with E-state index in [1.54, 1.807) is 54.6 Å². The Hall–Kier alpha value is -5.55. The van der Waals surface area contributed by atoms with Crippen LogP contribution in [0.15, 0.2) is 113 Å². The number of hydrazine groups is 1. The van der Waals surface area contributed by atoms with Gasteiger partial charge in [-0.3, -0.25) is 10.2 Å². The van der Waals surface area contributed by atoms with E-state index in [1.165, 1.54) is 6.07 Å². The van der Waals surface area contributed by atoms with Crippen LogP contribution in [0.4, 0.5) is 14.5 Å². The zero-order valence-corrected chi connectivity index (χ0v) is 25.2. The Labute approximate surface area is 270 Å². The number of carbonyl (C=O) groups is 1. The lowest BCUT2D eigenvalue weighted by Crippen LogP contribution is -2.52. The zero-order chi connectivity index (χ0) is 33.1. The van der Waals surface area contributed by atoms with E-state index in [4.69, 9.17) is 19.6 Å². The second-order valence-corrected chi connectivity index (χ2v) is 10.6. The Balaban J connectivity index is 1.55. The summed E-state index contributed by atoms with van der Waals surface area (Å²) in [5.74, 6) is -1.45. The minimum atomic E-state index is -1.67. The average molecular weight is 639 g/mol. The van der Waals surface area contributed by atoms with Gasteiger partial charge < -0.3 is 14.6 Å². The maximum atomic E-state index is 14.3. The Morgan fingerprint density at radius 3 is 2.47 bits per heavy atom. The molecule has 0 saturated heterocycles. The number of amides is 1. The smallest absolute Gasteiger partial charge is 0.266 e. The van der Waals surface area contributed by atoms with Crippen molar-refractivity contribution in [2.45, 2.75) is 31.0 Å². The first kappa shape index (κ1) is 32.8. The summed E-state index contributed by atoms with van der Waals surface area (Å²) < 4.78 is 40.8. The average Bonchev–Trinajstić information content (AvgIpc) is 3.48. The van der Waals surface area contributed by atoms with Crippen LogP contribution >= 0.6 is 0 Å². The number of azide groups is 1. The number of benzene rings is 4. The lowest BCUT2D eigenvalue weighted by Gasteiger charge is -2.30. The summed E-state index contributed by atoms with van der Waals surface area (Å²) in [6, 6.07) is 26.6. The number of hydrogen-bond acceptors (Lipinski definition) is 7. The number of ether oxygens (including phenoxy) is 2. The molecule has 1 aliphatic heterocycles. The van der Waals surface area contributed by atoms with Gasteiger partial charge >= 0.3 is 0 Å². The third-order valence-corrected chi connectivity index (χ3v) is 7.47. The van der Waals surface area contributed by atoms with Crippen LogP contribution in [-0.4, -0.2) is 35.7 Å². The lowest BCUT2D eigenvalue weighted by molar-refractivity contribution is -0.129. The molecule has 1 amide bonds. The van der Waals surface area contributed by atoms with Gasteiger partial charge in [-0.05, 0) is 47.5 Å². The summed E-state index contributed by atoms with van der Waals surface area (Å²) in [5, 5.41) is 12.9. The quantitative estimate of drug-likeness (QED) is 0.0456. The van der Waals surface area contributed by atoms with E-state index >= 15 is 0 Å². The van der Waals surface area contributed by atoms with Crippen LogP contribution in [0.1, 0.15) is 41.2 Å². The molecule has 12 heteroatoms. The Morgan fingerprint density at radius 2 is 1.74 bits per heavy atom. The summed E-state index contributed by atoms with van der Waals surface area (Å²) in [6.45, 7) is 0.0100. The molecule has 10 nitrogen and oxygen atoms in total. The van der Waals surface area contributed by atoms with E-state index in [-0.39, 0.29) is 36.7 Å². The molecule has 4 aromatic rings. The van der Waals surface area contributed by atoms with Crippen LogP contribution in [0.3, 0.4) is 0 Å². The minimum Gasteiger partial charge on any atom is -0.494 e. The van der Waals surface area contributed by atoms with Crippen molar-refractivity contribution in [2.24, 2.45) is 10.1 Å². The van der Waals surface area contributed by atoms with Crippen molar-refractivity contribution in [3.05, 3.63) is 147 Å². The molecule has 47 heavy (non-hydrogen) atoms. The van der Waals surface area contributed by atoms with Crippen molar-refractivity contribution in [1.29, 1.82) is 0 Å². The molecule has 0 spiro atoms. The van der Waals surface area contributed by atoms with Crippen LogP contribution in [0.2, 0.25) is 0 Å². The third kappa shape index (κ3) is 7.82. The van der Waals surface area contributed by atoms with Crippen molar-refractivity contribution < 1.29 is 28.2 Å². The molecule has 1 aliphatic rings. The predicted molar refractivity (Wildman–Crippen MR) is 173 cm³/mol. The van der Waals surface area contributed by atoms with E-state index in [0.29, 0.717) is 29.9 Å². The van der Waals surface area contributed by atoms with Crippen LogP contribution in [-0.2, 0) is 16.1 Å². The van der Waals surface area contributed by atoms with Crippen molar-refractivity contribution in [1.82, 2.24) is 10.9 Å². The fraction of sp³-hybridized carbons (Fsp3) is 0.200. The number of nitrogens with zero attached hydrogens (tertiary/aromatic N) is 4. The van der Waals surface area contributed by atoms with Gasteiger partial charge in [-0.1, -0.05) is 77.9 Å². The third-order valence-electron chi connectivity index (χ3n) is 7.47. The van der Waals surface area contributed by atoms with Crippen LogP contribution < -0.4 is 15.6 Å². The standard InChI is InChI=1S/C35H32F2N6O4/c36-29-13-6-14-30(37)28(29)23-39-42-34(45)35(20-7-11-24-9-2-1-3-10-24)32(27-12-4-5-15-31(27)41-43-38)47-33(40-35)25-16-18-26(19-17-25)46-22-8-21-44/h1-7,9-19,32,39,44H,8,20-23H2,(H,42,45)/b11-7+/t32-,35-/m0/s1. The number of nitrogens with one attached hydrogen (secondary N) is 2. The molecular weight excluding hydrogens is 606 g/mol. The first-order valence-corrected chi connectivity index (χ1v) is 14.9. The fourth-order valence-electron chi connectivity index (χ4n) is 5.10. The van der Waals surface area contributed by atoms with Crippen LogP contribution in [0, 0.1) is 11.6 Å². The normalized spacial score (nSPS) is 17.1. The molecule has 0 unspecified atom stereocenters. The van der Waals surface area contributed by atoms with E-state index in [0.717, 1.165) is 17.7 Å². The highest BCUT2D eigenvalue weighted by Gasteiger charge is 2.53. The molecule has 5 rings (SSSR count). The second-order valence-electron chi connectivity index (χ2n) is 10.6. The topological polar surface area (TPSA) is 141 Å². The summed E-state index contributed by atoms with van der Waals surface area (Å²) in [4.78, 5) is 22.1. The van der Waals surface area contributed by atoms with Gasteiger partial charge in [0.2, 0.25) is 5.90 Å². The monoisotopic (exact) mass is 638 g/mol. The van der Waals surface area contributed by atoms with Crippen molar-refractivity contribution in [3.8, 4) is 5.75 Å². The maximum Gasteiger partial charge on any atom is 0.266 e. The molecule has 0 aliphatic carbocycles. The van der Waals surface area contributed by atoms with E-state index in [2.05, 4.69) is 20.9 Å². The summed E-state index contributed by atoms with van der Waals surface area (Å²) in [5.41, 5.74) is 14.7. The van der Waals surface area contributed by atoms with Gasteiger partial charge in [0.1, 0.15) is 17.4 Å². The van der Waals surface area contributed by atoms with Crippen molar-refractivity contribution in [3.63, 3.8) is 0 Å². The molecule has 240 valence electrons. The summed E-state index contributed by atoms with van der Waals surface area (Å²) >= 11 is 0. The molecule has 0 saturated carbocycles. The zero-order valence-electron chi connectivity index (χ0n) is 25.2. The first-order valence-electron chi connectivity index (χ1n) is 14.9. The van der Waals surface area contributed by atoms with E-state index < -0.39 is 29.2 Å². The van der Waals surface area contributed by atoms with Gasteiger partial charge in [-0.25, -0.2) is 19.2 Å². The molecule has 0 bridgehead atoms. The molecule has 0 fully saturated rings. The van der Waals surface area contributed by atoms with E-state index in [1.807, 2.05) is 36.4 Å². The number of aliphatic hydroxyl groups excluding tert-OH is 1. The number of aliphatic hydroxyl groups is 1. The highest BCUT2D eigenvalue weighted by atomic mass is 19.1. The molecule has 0 aromatic heterocycles. The molecular formula is C35H32F2N6O4. The number of carbonyl (C=O) groups excluding carboxylic acids is 1. The Bertz CT molecular complexity index is 1780. The van der Waals surface area contributed by atoms with E-state index in [9.17, 15) is 19.1 Å². The Kier molecular flexibility index (Phi) is 10.9. The second kappa shape index (κ2) is 15.6.